The predicted molar refractivity (Wildman–Crippen MR) is 97.3 cm³/mol. The average molecular weight is 336 g/mol. The van der Waals surface area contributed by atoms with Gasteiger partial charge in [0.2, 0.25) is 0 Å². The van der Waals surface area contributed by atoms with E-state index in [4.69, 9.17) is 4.42 Å². The molecular weight excluding hydrogens is 312 g/mol. The molecule has 0 unspecified atom stereocenters. The molecule has 1 aliphatic heterocycles. The third-order valence-corrected chi connectivity index (χ3v) is 5.15. The summed E-state index contributed by atoms with van der Waals surface area (Å²) >= 11 is 0. The normalized spacial score (nSPS) is 16.4. The summed E-state index contributed by atoms with van der Waals surface area (Å²) in [5, 5.41) is 7.62. The Labute approximate surface area is 148 Å². The largest absolute Gasteiger partial charge is 0.449 e. The van der Waals surface area contributed by atoms with Crippen LogP contribution in [0.4, 0.5) is 0 Å². The Kier molecular flexibility index (Phi) is 4.40. The molecule has 2 aromatic heterocycles. The van der Waals surface area contributed by atoms with Crippen LogP contribution in [-0.2, 0) is 6.54 Å². The molecule has 4 rings (SSSR count). The van der Waals surface area contributed by atoms with Crippen molar-refractivity contribution in [2.75, 3.05) is 13.1 Å². The minimum atomic E-state index is 0.535. The number of nitrogens with zero attached hydrogens (tertiary/aromatic N) is 3. The van der Waals surface area contributed by atoms with Gasteiger partial charge < -0.3 is 4.42 Å². The lowest BCUT2D eigenvalue weighted by Gasteiger charge is -2.31. The zero-order valence-corrected chi connectivity index (χ0v) is 14.8. The van der Waals surface area contributed by atoms with E-state index in [2.05, 4.69) is 51.3 Å². The van der Waals surface area contributed by atoms with E-state index in [1.54, 1.807) is 6.26 Å². The summed E-state index contributed by atoms with van der Waals surface area (Å²) in [4.78, 5) is 6.87. The van der Waals surface area contributed by atoms with Crippen LogP contribution < -0.4 is 0 Å². The summed E-state index contributed by atoms with van der Waals surface area (Å²) in [6.07, 6.45) is 6.02. The predicted octanol–water partition coefficient (Wildman–Crippen LogP) is 4.06. The number of rotatable bonds is 4. The fraction of sp³-hybridized carbons (Fsp3) is 0.400. The van der Waals surface area contributed by atoms with Crippen molar-refractivity contribution in [1.29, 1.82) is 0 Å². The zero-order chi connectivity index (χ0) is 17.2. The Bertz CT molecular complexity index is 843. The number of H-pyrrole nitrogens is 1. The minimum Gasteiger partial charge on any atom is -0.449 e. The monoisotopic (exact) mass is 336 g/mol. The van der Waals surface area contributed by atoms with E-state index >= 15 is 0 Å². The average Bonchev–Trinajstić information content (AvgIpc) is 3.25. The second-order valence-electron chi connectivity index (χ2n) is 6.92. The first-order chi connectivity index (χ1) is 12.2. The van der Waals surface area contributed by atoms with Gasteiger partial charge in [0.1, 0.15) is 6.26 Å². The molecule has 0 saturated carbocycles. The van der Waals surface area contributed by atoms with Gasteiger partial charge in [-0.25, -0.2) is 4.98 Å². The Balaban J connectivity index is 1.45. The summed E-state index contributed by atoms with van der Waals surface area (Å²) < 4.78 is 5.31. The summed E-state index contributed by atoms with van der Waals surface area (Å²) in [6.45, 7) is 7.07. The number of likely N-dealkylation sites (tertiary alicyclic amines) is 1. The van der Waals surface area contributed by atoms with E-state index in [9.17, 15) is 0 Å². The molecule has 130 valence electrons. The molecule has 0 atom stereocenters. The molecule has 25 heavy (non-hydrogen) atoms. The highest BCUT2D eigenvalue weighted by Crippen LogP contribution is 2.35. The van der Waals surface area contributed by atoms with Crippen molar-refractivity contribution >= 4 is 0 Å². The van der Waals surface area contributed by atoms with E-state index < -0.39 is 0 Å². The minimum absolute atomic E-state index is 0.535. The van der Waals surface area contributed by atoms with E-state index in [1.807, 2.05) is 13.1 Å². The van der Waals surface area contributed by atoms with Gasteiger partial charge in [0.05, 0.1) is 11.9 Å². The van der Waals surface area contributed by atoms with Crippen LogP contribution in [0.25, 0.3) is 11.1 Å². The molecule has 3 heterocycles. The SMILES string of the molecule is Cc1nc(CN2CCC(c3[nH]ncc3-c3ccccc3C)CC2)co1. The number of hydrogen-bond donors (Lipinski definition) is 1. The maximum atomic E-state index is 5.31. The molecule has 0 amide bonds. The molecule has 0 radical (unpaired) electrons. The first kappa shape index (κ1) is 16.1. The Hall–Kier alpha value is -2.40. The maximum absolute atomic E-state index is 5.31. The smallest absolute Gasteiger partial charge is 0.191 e. The highest BCUT2D eigenvalue weighted by atomic mass is 16.3. The molecule has 1 aliphatic rings. The molecule has 1 fully saturated rings. The number of aryl methyl sites for hydroxylation is 2. The molecular formula is C20H24N4O. The van der Waals surface area contributed by atoms with Crippen LogP contribution in [0.5, 0.6) is 0 Å². The zero-order valence-electron chi connectivity index (χ0n) is 14.8. The van der Waals surface area contributed by atoms with Gasteiger partial charge in [0.15, 0.2) is 5.89 Å². The standard InChI is InChI=1S/C20H24N4O/c1-14-5-3-4-6-18(14)19-11-21-23-20(19)16-7-9-24(10-8-16)12-17-13-25-15(2)22-17/h3-6,11,13,16H,7-10,12H2,1-2H3,(H,21,23). The molecule has 5 nitrogen and oxygen atoms in total. The Morgan fingerprint density at radius 3 is 2.68 bits per heavy atom. The van der Waals surface area contributed by atoms with Gasteiger partial charge >= 0.3 is 0 Å². The molecule has 1 saturated heterocycles. The fourth-order valence-corrected chi connectivity index (χ4v) is 3.79. The quantitative estimate of drug-likeness (QED) is 0.780. The van der Waals surface area contributed by atoms with Crippen molar-refractivity contribution in [2.45, 2.75) is 39.2 Å². The van der Waals surface area contributed by atoms with Crippen LogP contribution >= 0.6 is 0 Å². The fourth-order valence-electron chi connectivity index (χ4n) is 3.79. The molecule has 1 aromatic carbocycles. The lowest BCUT2D eigenvalue weighted by Crippen LogP contribution is -2.32. The molecule has 5 heteroatoms. The van der Waals surface area contributed by atoms with Crippen LogP contribution in [0.2, 0.25) is 0 Å². The van der Waals surface area contributed by atoms with Gasteiger partial charge in [0.25, 0.3) is 0 Å². The van der Waals surface area contributed by atoms with Crippen LogP contribution in [-0.4, -0.2) is 33.2 Å². The van der Waals surface area contributed by atoms with Crippen LogP contribution in [0, 0.1) is 13.8 Å². The Morgan fingerprint density at radius 1 is 1.16 bits per heavy atom. The van der Waals surface area contributed by atoms with Gasteiger partial charge in [-0.05, 0) is 44.0 Å². The highest BCUT2D eigenvalue weighted by Gasteiger charge is 2.25. The van der Waals surface area contributed by atoms with Crippen LogP contribution in [0.1, 0.15) is 41.6 Å². The number of benzene rings is 1. The molecule has 3 aromatic rings. The highest BCUT2D eigenvalue weighted by molar-refractivity contribution is 5.69. The number of nitrogens with one attached hydrogen (secondary N) is 1. The van der Waals surface area contributed by atoms with Gasteiger partial charge in [-0.2, -0.15) is 5.10 Å². The molecule has 0 aliphatic carbocycles. The molecule has 1 N–H and O–H groups in total. The lowest BCUT2D eigenvalue weighted by molar-refractivity contribution is 0.201. The van der Waals surface area contributed by atoms with Crippen LogP contribution in [0.3, 0.4) is 0 Å². The number of aromatic amines is 1. The van der Waals surface area contributed by atoms with Gasteiger partial charge in [0, 0.05) is 30.6 Å². The van der Waals surface area contributed by atoms with Crippen LogP contribution in [0.15, 0.2) is 41.1 Å². The number of oxazole rings is 1. The van der Waals surface area contributed by atoms with Gasteiger partial charge in [-0.3, -0.25) is 10.00 Å². The van der Waals surface area contributed by atoms with Crippen molar-refractivity contribution in [3.05, 3.63) is 59.6 Å². The van der Waals surface area contributed by atoms with Crippen molar-refractivity contribution in [3.8, 4) is 11.1 Å². The third kappa shape index (κ3) is 3.37. The van der Waals surface area contributed by atoms with E-state index in [0.717, 1.165) is 44.1 Å². The first-order valence-corrected chi connectivity index (χ1v) is 8.93. The number of aromatic nitrogens is 3. The molecule has 0 bridgehead atoms. The van der Waals surface area contributed by atoms with Crippen molar-refractivity contribution in [1.82, 2.24) is 20.1 Å². The molecule has 0 spiro atoms. The summed E-state index contributed by atoms with van der Waals surface area (Å²) in [5.74, 6) is 1.28. The van der Waals surface area contributed by atoms with Gasteiger partial charge in [-0.15, -0.1) is 0 Å². The van der Waals surface area contributed by atoms with E-state index in [-0.39, 0.29) is 0 Å². The number of piperidine rings is 1. The number of hydrogen-bond acceptors (Lipinski definition) is 4. The van der Waals surface area contributed by atoms with Crippen molar-refractivity contribution in [2.24, 2.45) is 0 Å². The van der Waals surface area contributed by atoms with E-state index in [0.29, 0.717) is 5.92 Å². The summed E-state index contributed by atoms with van der Waals surface area (Å²) in [6, 6.07) is 8.53. The Morgan fingerprint density at radius 2 is 1.96 bits per heavy atom. The summed E-state index contributed by atoms with van der Waals surface area (Å²) in [5.41, 5.74) is 6.14. The first-order valence-electron chi connectivity index (χ1n) is 8.93. The topological polar surface area (TPSA) is 58.0 Å². The maximum Gasteiger partial charge on any atom is 0.191 e. The van der Waals surface area contributed by atoms with E-state index in [1.165, 1.54) is 22.4 Å². The summed E-state index contributed by atoms with van der Waals surface area (Å²) in [7, 11) is 0. The second-order valence-corrected chi connectivity index (χ2v) is 6.92. The van der Waals surface area contributed by atoms with Gasteiger partial charge in [-0.1, -0.05) is 24.3 Å². The second kappa shape index (κ2) is 6.84. The third-order valence-electron chi connectivity index (χ3n) is 5.15. The lowest BCUT2D eigenvalue weighted by atomic mass is 9.88. The van der Waals surface area contributed by atoms with Crippen molar-refractivity contribution < 1.29 is 4.42 Å². The van der Waals surface area contributed by atoms with Crippen molar-refractivity contribution in [3.63, 3.8) is 0 Å².